The molecule has 7 nitrogen and oxygen atoms in total. The number of benzene rings is 2. The van der Waals surface area contributed by atoms with Crippen LogP contribution in [-0.2, 0) is 7.05 Å². The van der Waals surface area contributed by atoms with Crippen LogP contribution in [0.2, 0.25) is 0 Å². The van der Waals surface area contributed by atoms with Crippen LogP contribution in [0.5, 0.6) is 5.75 Å². The molecule has 0 saturated carbocycles. The molecular formula is C26H21FN6O. The van der Waals surface area contributed by atoms with Crippen LogP contribution < -0.4 is 4.74 Å². The number of imidazole rings is 1. The highest BCUT2D eigenvalue weighted by atomic mass is 19.1. The van der Waals surface area contributed by atoms with Crippen LogP contribution in [0, 0.1) is 12.7 Å². The summed E-state index contributed by atoms with van der Waals surface area (Å²) in [6.07, 6.45) is 3.59. The Bertz CT molecular complexity index is 1690. The maximum atomic E-state index is 14.2. The number of H-pyrrole nitrogens is 2. The molecule has 2 aromatic carbocycles. The predicted molar refractivity (Wildman–Crippen MR) is 130 cm³/mol. The minimum atomic E-state index is -0.375. The molecule has 168 valence electrons. The number of pyridine rings is 1. The Kier molecular flexibility index (Phi) is 4.48. The number of rotatable bonds is 4. The summed E-state index contributed by atoms with van der Waals surface area (Å²) in [7, 11) is 3.52. The van der Waals surface area contributed by atoms with Gasteiger partial charge in [0.2, 0.25) is 0 Å². The van der Waals surface area contributed by atoms with Gasteiger partial charge in [-0.25, -0.2) is 9.37 Å². The fourth-order valence-corrected chi connectivity index (χ4v) is 4.38. The van der Waals surface area contributed by atoms with Gasteiger partial charge in [0, 0.05) is 46.7 Å². The van der Waals surface area contributed by atoms with Gasteiger partial charge >= 0.3 is 0 Å². The molecule has 0 spiro atoms. The lowest BCUT2D eigenvalue weighted by Crippen LogP contribution is -1.94. The average Bonchev–Trinajstić information content (AvgIpc) is 3.54. The number of fused-ring (bicyclic) bond motifs is 2. The summed E-state index contributed by atoms with van der Waals surface area (Å²) in [4.78, 5) is 12.4. The molecule has 4 aromatic heterocycles. The Morgan fingerprint density at radius 2 is 1.76 bits per heavy atom. The van der Waals surface area contributed by atoms with E-state index in [-0.39, 0.29) is 5.82 Å². The van der Waals surface area contributed by atoms with Crippen LogP contribution in [0.25, 0.3) is 55.7 Å². The molecular weight excluding hydrogens is 431 g/mol. The lowest BCUT2D eigenvalue weighted by molar-refractivity contribution is 0.411. The third-order valence-electron chi connectivity index (χ3n) is 6.26. The summed E-state index contributed by atoms with van der Waals surface area (Å²) in [5.74, 6) is 1.02. The summed E-state index contributed by atoms with van der Waals surface area (Å²) in [6, 6.07) is 14.7. The van der Waals surface area contributed by atoms with E-state index in [0.717, 1.165) is 50.3 Å². The van der Waals surface area contributed by atoms with Crippen molar-refractivity contribution >= 4 is 21.8 Å². The van der Waals surface area contributed by atoms with Gasteiger partial charge in [0.15, 0.2) is 0 Å². The molecule has 0 bridgehead atoms. The molecule has 0 saturated heterocycles. The second kappa shape index (κ2) is 7.55. The molecule has 4 heterocycles. The standard InChI is InChI=1S/C26H21FN6O/c1-14-29-13-24(33(14)2)15-4-5-22-19(10-15)26(32-31-22)23-12-20-21(30-23)6-7-28-25(20)16-8-17(27)11-18(9-16)34-3/h4-13,30H,1-3H3,(H,31,32). The number of aromatic nitrogens is 6. The second-order valence-corrected chi connectivity index (χ2v) is 8.27. The molecule has 0 radical (unpaired) electrons. The fraction of sp³-hybridized carbons (Fsp3) is 0.115. The Labute approximate surface area is 194 Å². The monoisotopic (exact) mass is 452 g/mol. The molecule has 0 aliphatic rings. The van der Waals surface area contributed by atoms with E-state index in [4.69, 9.17) is 4.74 Å². The molecule has 8 heteroatoms. The topological polar surface area (TPSA) is 84.4 Å². The van der Waals surface area contributed by atoms with Gasteiger partial charge in [-0.2, -0.15) is 5.10 Å². The molecule has 0 fully saturated rings. The van der Waals surface area contributed by atoms with Gasteiger partial charge in [-0.3, -0.25) is 10.1 Å². The van der Waals surface area contributed by atoms with E-state index in [0.29, 0.717) is 17.0 Å². The van der Waals surface area contributed by atoms with Gasteiger partial charge in [0.05, 0.1) is 35.9 Å². The highest BCUT2D eigenvalue weighted by Gasteiger charge is 2.16. The van der Waals surface area contributed by atoms with Crippen LogP contribution in [0.3, 0.4) is 0 Å². The van der Waals surface area contributed by atoms with Crippen molar-refractivity contribution in [3.05, 3.63) is 72.6 Å². The summed E-state index contributed by atoms with van der Waals surface area (Å²) >= 11 is 0. The molecule has 2 N–H and O–H groups in total. The van der Waals surface area contributed by atoms with Gasteiger partial charge in [-0.05, 0) is 43.3 Å². The Morgan fingerprint density at radius 1 is 0.912 bits per heavy atom. The molecule has 6 rings (SSSR count). The first-order valence-electron chi connectivity index (χ1n) is 10.8. The SMILES string of the molecule is COc1cc(F)cc(-c2nccc3[nH]c(-c4n[nH]c5ccc(-c6cnc(C)n6C)cc45)cc23)c1. The summed E-state index contributed by atoms with van der Waals surface area (Å²) in [6.45, 7) is 1.98. The van der Waals surface area contributed by atoms with Gasteiger partial charge in [-0.15, -0.1) is 0 Å². The maximum Gasteiger partial charge on any atom is 0.127 e. The first kappa shape index (κ1) is 20.2. The number of aromatic amines is 2. The zero-order chi connectivity index (χ0) is 23.4. The number of methoxy groups -OCH3 is 1. The lowest BCUT2D eigenvalue weighted by Gasteiger charge is -2.06. The largest absolute Gasteiger partial charge is 0.497 e. The minimum Gasteiger partial charge on any atom is -0.497 e. The van der Waals surface area contributed by atoms with Crippen molar-refractivity contribution < 1.29 is 9.13 Å². The van der Waals surface area contributed by atoms with Crippen LogP contribution >= 0.6 is 0 Å². The smallest absolute Gasteiger partial charge is 0.127 e. The van der Waals surface area contributed by atoms with E-state index in [1.165, 1.54) is 19.2 Å². The number of hydrogen-bond acceptors (Lipinski definition) is 4. The summed E-state index contributed by atoms with van der Waals surface area (Å²) in [5.41, 5.74) is 6.88. The number of halogens is 1. The van der Waals surface area contributed by atoms with Gasteiger partial charge in [0.1, 0.15) is 23.1 Å². The van der Waals surface area contributed by atoms with Crippen molar-refractivity contribution in [2.24, 2.45) is 7.05 Å². The number of nitrogens with zero attached hydrogens (tertiary/aromatic N) is 4. The highest BCUT2D eigenvalue weighted by molar-refractivity contribution is 6.00. The molecule has 0 atom stereocenters. The third-order valence-corrected chi connectivity index (χ3v) is 6.26. The Morgan fingerprint density at radius 3 is 2.56 bits per heavy atom. The van der Waals surface area contributed by atoms with Gasteiger partial charge in [0.25, 0.3) is 0 Å². The Balaban J connectivity index is 1.50. The highest BCUT2D eigenvalue weighted by Crippen LogP contribution is 2.35. The van der Waals surface area contributed by atoms with E-state index in [1.807, 2.05) is 38.4 Å². The zero-order valence-corrected chi connectivity index (χ0v) is 18.8. The van der Waals surface area contributed by atoms with Crippen molar-refractivity contribution in [3.8, 4) is 39.7 Å². The number of nitrogens with one attached hydrogen (secondary N) is 2. The molecule has 0 aliphatic heterocycles. The molecule has 0 unspecified atom stereocenters. The lowest BCUT2D eigenvalue weighted by atomic mass is 10.1. The summed E-state index contributed by atoms with van der Waals surface area (Å²) < 4.78 is 21.5. The molecule has 34 heavy (non-hydrogen) atoms. The van der Waals surface area contributed by atoms with E-state index in [9.17, 15) is 4.39 Å². The molecule has 0 aliphatic carbocycles. The third kappa shape index (κ3) is 3.14. The minimum absolute atomic E-state index is 0.375. The van der Waals surface area contributed by atoms with Crippen LogP contribution in [0.1, 0.15) is 5.82 Å². The molecule has 6 aromatic rings. The van der Waals surface area contributed by atoms with Crippen molar-refractivity contribution in [2.75, 3.05) is 7.11 Å². The normalized spacial score (nSPS) is 11.5. The first-order valence-corrected chi connectivity index (χ1v) is 10.8. The van der Waals surface area contributed by atoms with E-state index >= 15 is 0 Å². The zero-order valence-electron chi connectivity index (χ0n) is 18.8. The average molecular weight is 452 g/mol. The van der Waals surface area contributed by atoms with Gasteiger partial charge < -0.3 is 14.3 Å². The van der Waals surface area contributed by atoms with Crippen LogP contribution in [-0.4, -0.2) is 36.8 Å². The fourth-order valence-electron chi connectivity index (χ4n) is 4.38. The van der Waals surface area contributed by atoms with Crippen molar-refractivity contribution in [3.63, 3.8) is 0 Å². The first-order chi connectivity index (χ1) is 16.5. The van der Waals surface area contributed by atoms with Crippen LogP contribution in [0.15, 0.2) is 60.9 Å². The predicted octanol–water partition coefficient (Wildman–Crippen LogP) is 5.63. The maximum absolute atomic E-state index is 14.2. The van der Waals surface area contributed by atoms with Crippen molar-refractivity contribution in [1.82, 2.24) is 29.7 Å². The van der Waals surface area contributed by atoms with Crippen LogP contribution in [0.4, 0.5) is 4.39 Å². The molecule has 0 amide bonds. The number of ether oxygens (including phenoxy) is 1. The number of hydrogen-bond donors (Lipinski definition) is 2. The van der Waals surface area contributed by atoms with E-state index < -0.39 is 0 Å². The Hall–Kier alpha value is -4.46. The number of aryl methyl sites for hydroxylation is 1. The van der Waals surface area contributed by atoms with Gasteiger partial charge in [-0.1, -0.05) is 6.07 Å². The summed E-state index contributed by atoms with van der Waals surface area (Å²) in [5, 5.41) is 9.58. The van der Waals surface area contributed by atoms with E-state index in [2.05, 4.69) is 41.8 Å². The van der Waals surface area contributed by atoms with Crippen molar-refractivity contribution in [2.45, 2.75) is 6.92 Å². The second-order valence-electron chi connectivity index (χ2n) is 8.27. The van der Waals surface area contributed by atoms with Crippen molar-refractivity contribution in [1.29, 1.82) is 0 Å². The quantitative estimate of drug-likeness (QED) is 0.363. The van der Waals surface area contributed by atoms with E-state index in [1.54, 1.807) is 12.3 Å².